The van der Waals surface area contributed by atoms with Crippen LogP contribution < -0.4 is 5.32 Å². The van der Waals surface area contributed by atoms with Crippen LogP contribution in [0.5, 0.6) is 0 Å². The Morgan fingerprint density at radius 1 is 1.30 bits per heavy atom. The van der Waals surface area contributed by atoms with Crippen molar-refractivity contribution >= 4 is 27.3 Å². The van der Waals surface area contributed by atoms with Crippen molar-refractivity contribution in [3.63, 3.8) is 0 Å². The lowest BCUT2D eigenvalue weighted by Crippen LogP contribution is -2.45. The van der Waals surface area contributed by atoms with Gasteiger partial charge in [0.25, 0.3) is 0 Å². The van der Waals surface area contributed by atoms with Gasteiger partial charge in [-0.1, -0.05) is 0 Å². The number of nitrogens with zero attached hydrogens (tertiary/aromatic N) is 2. The first-order chi connectivity index (χ1) is 9.75. The van der Waals surface area contributed by atoms with Crippen LogP contribution in [0.15, 0.2) is 34.4 Å². The summed E-state index contributed by atoms with van der Waals surface area (Å²) in [6.45, 7) is 6.45. The van der Waals surface area contributed by atoms with Crippen LogP contribution in [0.3, 0.4) is 0 Å². The van der Waals surface area contributed by atoms with Crippen LogP contribution in [0, 0.1) is 6.92 Å². The molecule has 1 atom stereocenters. The van der Waals surface area contributed by atoms with Crippen LogP contribution in [0.1, 0.15) is 22.0 Å². The van der Waals surface area contributed by atoms with Gasteiger partial charge in [-0.25, -0.2) is 0 Å². The zero-order chi connectivity index (χ0) is 13.9. The smallest absolute Gasteiger partial charge is 0.0702 e. The Bertz CT molecular complexity index is 578. The third-order valence-corrected chi connectivity index (χ3v) is 5.41. The highest BCUT2D eigenvalue weighted by Crippen LogP contribution is 2.36. The van der Waals surface area contributed by atoms with E-state index in [1.165, 1.54) is 19.8 Å². The molecule has 0 spiro atoms. The van der Waals surface area contributed by atoms with Crippen molar-refractivity contribution in [1.29, 1.82) is 0 Å². The third kappa shape index (κ3) is 2.96. The minimum atomic E-state index is 0.344. The number of thiophene rings is 1. The monoisotopic (exact) mass is 351 g/mol. The molecule has 3 rings (SSSR count). The Labute approximate surface area is 132 Å². The summed E-state index contributed by atoms with van der Waals surface area (Å²) in [7, 11) is 0. The summed E-state index contributed by atoms with van der Waals surface area (Å²) in [5.74, 6) is 0. The molecule has 0 saturated carbocycles. The Morgan fingerprint density at radius 3 is 2.75 bits per heavy atom. The van der Waals surface area contributed by atoms with Crippen LogP contribution in [0.25, 0.3) is 0 Å². The largest absolute Gasteiger partial charge is 0.314 e. The summed E-state index contributed by atoms with van der Waals surface area (Å²) >= 11 is 5.42. The molecule has 1 unspecified atom stereocenters. The fraction of sp³-hybridized carbons (Fsp3) is 0.400. The van der Waals surface area contributed by atoms with E-state index in [2.05, 4.69) is 56.3 Å². The number of nitrogens with one attached hydrogen (secondary N) is 1. The van der Waals surface area contributed by atoms with Crippen LogP contribution >= 0.6 is 27.3 Å². The molecule has 0 aliphatic carbocycles. The second-order valence-corrected chi connectivity index (χ2v) is 7.56. The van der Waals surface area contributed by atoms with Gasteiger partial charge in [-0.05, 0) is 52.2 Å². The van der Waals surface area contributed by atoms with Gasteiger partial charge in [0, 0.05) is 43.4 Å². The van der Waals surface area contributed by atoms with Crippen molar-refractivity contribution in [2.45, 2.75) is 13.0 Å². The second kappa shape index (κ2) is 6.35. The predicted octanol–water partition coefficient (Wildman–Crippen LogP) is 3.21. The maximum Gasteiger partial charge on any atom is 0.0702 e. The number of piperazine rings is 1. The van der Waals surface area contributed by atoms with Crippen molar-refractivity contribution < 1.29 is 0 Å². The lowest BCUT2D eigenvalue weighted by molar-refractivity contribution is 0.200. The molecule has 3 nitrogen and oxygen atoms in total. The van der Waals surface area contributed by atoms with Gasteiger partial charge >= 0.3 is 0 Å². The highest BCUT2D eigenvalue weighted by Gasteiger charge is 2.26. The highest BCUT2D eigenvalue weighted by molar-refractivity contribution is 9.11. The number of aryl methyl sites for hydroxylation is 1. The molecule has 3 heterocycles. The van der Waals surface area contributed by atoms with Gasteiger partial charge in [0.1, 0.15) is 0 Å². The molecule has 1 aliphatic heterocycles. The molecule has 0 aromatic carbocycles. The molecule has 1 fully saturated rings. The van der Waals surface area contributed by atoms with E-state index in [-0.39, 0.29) is 0 Å². The summed E-state index contributed by atoms with van der Waals surface area (Å²) in [6, 6.07) is 6.89. The van der Waals surface area contributed by atoms with Gasteiger partial charge in [-0.3, -0.25) is 9.88 Å². The SMILES string of the molecule is Cc1cnccc1C(c1ccc(Br)s1)N1CCNCC1. The molecule has 1 saturated heterocycles. The van der Waals surface area contributed by atoms with Crippen molar-refractivity contribution in [2.24, 2.45) is 0 Å². The topological polar surface area (TPSA) is 28.2 Å². The summed E-state index contributed by atoms with van der Waals surface area (Å²) < 4.78 is 1.19. The third-order valence-electron chi connectivity index (χ3n) is 3.74. The molecule has 106 valence electrons. The van der Waals surface area contributed by atoms with Crippen LogP contribution in [-0.2, 0) is 0 Å². The lowest BCUT2D eigenvalue weighted by atomic mass is 10.00. The molecular weight excluding hydrogens is 334 g/mol. The normalized spacial score (nSPS) is 18.1. The van der Waals surface area contributed by atoms with Gasteiger partial charge in [-0.2, -0.15) is 0 Å². The van der Waals surface area contributed by atoms with Gasteiger partial charge in [0.2, 0.25) is 0 Å². The summed E-state index contributed by atoms with van der Waals surface area (Å²) in [4.78, 5) is 8.20. The molecule has 5 heteroatoms. The van der Waals surface area contributed by atoms with Crippen LogP contribution in [-0.4, -0.2) is 36.1 Å². The van der Waals surface area contributed by atoms with E-state index in [1.807, 2.05) is 23.7 Å². The molecule has 0 amide bonds. The van der Waals surface area contributed by atoms with Crippen molar-refractivity contribution in [3.8, 4) is 0 Å². The standard InChI is InChI=1S/C15H18BrN3S/c1-11-10-18-5-4-12(11)15(13-2-3-14(16)20-13)19-8-6-17-7-9-19/h2-5,10,15,17H,6-9H2,1H3. The molecule has 2 aromatic rings. The number of rotatable bonds is 3. The van der Waals surface area contributed by atoms with E-state index in [9.17, 15) is 0 Å². The van der Waals surface area contributed by atoms with E-state index in [1.54, 1.807) is 0 Å². The first kappa shape index (κ1) is 14.2. The number of aromatic nitrogens is 1. The predicted molar refractivity (Wildman–Crippen MR) is 87.3 cm³/mol. The summed E-state index contributed by atoms with van der Waals surface area (Å²) in [6.07, 6.45) is 3.87. The van der Waals surface area contributed by atoms with E-state index >= 15 is 0 Å². The fourth-order valence-corrected chi connectivity index (χ4v) is 4.31. The first-order valence-corrected chi connectivity index (χ1v) is 8.47. The summed E-state index contributed by atoms with van der Waals surface area (Å²) in [5.41, 5.74) is 2.64. The Morgan fingerprint density at radius 2 is 2.10 bits per heavy atom. The van der Waals surface area contributed by atoms with E-state index in [0.717, 1.165) is 26.2 Å². The van der Waals surface area contributed by atoms with Crippen LogP contribution in [0.2, 0.25) is 0 Å². The Balaban J connectivity index is 2.01. The van der Waals surface area contributed by atoms with Crippen LogP contribution in [0.4, 0.5) is 0 Å². The molecule has 0 bridgehead atoms. The lowest BCUT2D eigenvalue weighted by Gasteiger charge is -2.35. The fourth-order valence-electron chi connectivity index (χ4n) is 2.74. The van der Waals surface area contributed by atoms with Crippen molar-refractivity contribution in [2.75, 3.05) is 26.2 Å². The summed E-state index contributed by atoms with van der Waals surface area (Å²) in [5, 5.41) is 3.43. The second-order valence-electron chi connectivity index (χ2n) is 5.06. The molecule has 1 N–H and O–H groups in total. The highest BCUT2D eigenvalue weighted by atomic mass is 79.9. The van der Waals surface area contributed by atoms with Crippen molar-refractivity contribution in [1.82, 2.24) is 15.2 Å². The number of hydrogen-bond donors (Lipinski definition) is 1. The average molecular weight is 352 g/mol. The number of pyridine rings is 1. The minimum Gasteiger partial charge on any atom is -0.314 e. The van der Waals surface area contributed by atoms with E-state index < -0.39 is 0 Å². The average Bonchev–Trinajstić information content (AvgIpc) is 2.89. The maximum absolute atomic E-state index is 4.23. The number of halogens is 1. The molecule has 0 radical (unpaired) electrons. The molecule has 2 aromatic heterocycles. The van der Waals surface area contributed by atoms with Gasteiger partial charge < -0.3 is 5.32 Å². The van der Waals surface area contributed by atoms with Gasteiger partial charge in [-0.15, -0.1) is 11.3 Å². The number of hydrogen-bond acceptors (Lipinski definition) is 4. The zero-order valence-electron chi connectivity index (χ0n) is 11.5. The molecule has 20 heavy (non-hydrogen) atoms. The van der Waals surface area contributed by atoms with Crippen molar-refractivity contribution in [3.05, 3.63) is 50.4 Å². The van der Waals surface area contributed by atoms with E-state index in [0.29, 0.717) is 6.04 Å². The molecule has 1 aliphatic rings. The molecular formula is C15H18BrN3S. The van der Waals surface area contributed by atoms with E-state index in [4.69, 9.17) is 0 Å². The quantitative estimate of drug-likeness (QED) is 0.920. The Hall–Kier alpha value is -0.750. The van der Waals surface area contributed by atoms with Gasteiger partial charge in [0.15, 0.2) is 0 Å². The minimum absolute atomic E-state index is 0.344. The zero-order valence-corrected chi connectivity index (χ0v) is 13.9. The Kier molecular flexibility index (Phi) is 4.51. The first-order valence-electron chi connectivity index (χ1n) is 6.86. The van der Waals surface area contributed by atoms with Gasteiger partial charge in [0.05, 0.1) is 9.83 Å². The maximum atomic E-state index is 4.23.